The zero-order chi connectivity index (χ0) is 13.1. The van der Waals surface area contributed by atoms with Gasteiger partial charge < -0.3 is 15.7 Å². The van der Waals surface area contributed by atoms with Crippen LogP contribution in [0.3, 0.4) is 0 Å². The molecule has 1 aliphatic heterocycles. The first kappa shape index (κ1) is 15.5. The second kappa shape index (κ2) is 6.54. The zero-order valence-corrected chi connectivity index (χ0v) is 11.4. The number of carbonyl (C=O) groups is 2. The van der Waals surface area contributed by atoms with E-state index in [0.29, 0.717) is 13.0 Å². The summed E-state index contributed by atoms with van der Waals surface area (Å²) in [6.07, 6.45) is 0.592. The van der Waals surface area contributed by atoms with Crippen LogP contribution in [0.1, 0.15) is 18.1 Å². The molecule has 1 amide bonds. The van der Waals surface area contributed by atoms with Crippen LogP contribution < -0.4 is 10.6 Å². The molecule has 0 aliphatic carbocycles. The number of nitrogens with one attached hydrogen (secondary N) is 2. The van der Waals surface area contributed by atoms with Gasteiger partial charge in [-0.25, -0.2) is 0 Å². The van der Waals surface area contributed by atoms with Crippen molar-refractivity contribution in [2.45, 2.75) is 32.0 Å². The van der Waals surface area contributed by atoms with Gasteiger partial charge in [-0.15, -0.1) is 12.4 Å². The third-order valence-electron chi connectivity index (χ3n) is 3.13. The van der Waals surface area contributed by atoms with Gasteiger partial charge in [-0.05, 0) is 24.5 Å². The predicted octanol–water partition coefficient (Wildman–Crippen LogP) is 0.712. The number of hydrogen-bond acceptors (Lipinski definition) is 3. The van der Waals surface area contributed by atoms with Crippen LogP contribution in [0, 0.1) is 0 Å². The molecule has 0 saturated carbocycles. The van der Waals surface area contributed by atoms with Crippen LogP contribution in [-0.4, -0.2) is 29.1 Å². The van der Waals surface area contributed by atoms with Crippen molar-refractivity contribution in [2.75, 3.05) is 0 Å². The first-order chi connectivity index (χ1) is 8.58. The van der Waals surface area contributed by atoms with Crippen molar-refractivity contribution < 1.29 is 14.7 Å². The van der Waals surface area contributed by atoms with E-state index in [-0.39, 0.29) is 24.4 Å². The SMILES string of the molecule is C[C@@H](NC(=O)[C@@H]1Cc2ccccc2CN1)C(=O)O.Cl. The van der Waals surface area contributed by atoms with E-state index in [2.05, 4.69) is 10.6 Å². The smallest absolute Gasteiger partial charge is 0.325 e. The first-order valence-corrected chi connectivity index (χ1v) is 5.91. The summed E-state index contributed by atoms with van der Waals surface area (Å²) in [6, 6.07) is 6.71. The fourth-order valence-corrected chi connectivity index (χ4v) is 2.02. The van der Waals surface area contributed by atoms with Gasteiger partial charge in [0.15, 0.2) is 0 Å². The minimum absolute atomic E-state index is 0. The van der Waals surface area contributed by atoms with Crippen molar-refractivity contribution in [3.63, 3.8) is 0 Å². The summed E-state index contributed by atoms with van der Waals surface area (Å²) in [5.41, 5.74) is 2.33. The molecule has 2 atom stereocenters. The van der Waals surface area contributed by atoms with Gasteiger partial charge in [-0.3, -0.25) is 9.59 Å². The lowest BCUT2D eigenvalue weighted by Gasteiger charge is -2.26. The van der Waals surface area contributed by atoms with Crippen LogP contribution in [0.15, 0.2) is 24.3 Å². The Morgan fingerprint density at radius 3 is 2.63 bits per heavy atom. The molecule has 0 spiro atoms. The number of carboxylic acid groups (broad SMARTS) is 1. The Labute approximate surface area is 117 Å². The van der Waals surface area contributed by atoms with Crippen LogP contribution in [0.25, 0.3) is 0 Å². The second-order valence-electron chi connectivity index (χ2n) is 4.47. The number of benzene rings is 1. The van der Waals surface area contributed by atoms with Gasteiger partial charge in [0.1, 0.15) is 6.04 Å². The Hall–Kier alpha value is -1.59. The molecule has 19 heavy (non-hydrogen) atoms. The van der Waals surface area contributed by atoms with Gasteiger partial charge in [0.2, 0.25) is 5.91 Å². The molecule has 0 saturated heterocycles. The second-order valence-corrected chi connectivity index (χ2v) is 4.47. The number of rotatable bonds is 3. The summed E-state index contributed by atoms with van der Waals surface area (Å²) in [6.45, 7) is 2.09. The third-order valence-corrected chi connectivity index (χ3v) is 3.13. The monoisotopic (exact) mass is 284 g/mol. The van der Waals surface area contributed by atoms with E-state index in [1.54, 1.807) is 0 Å². The van der Waals surface area contributed by atoms with E-state index in [1.807, 2.05) is 24.3 Å². The van der Waals surface area contributed by atoms with Gasteiger partial charge >= 0.3 is 5.97 Å². The van der Waals surface area contributed by atoms with Crippen molar-refractivity contribution in [1.29, 1.82) is 0 Å². The minimum Gasteiger partial charge on any atom is -0.480 e. The quantitative estimate of drug-likeness (QED) is 0.764. The van der Waals surface area contributed by atoms with Crippen molar-refractivity contribution in [1.82, 2.24) is 10.6 Å². The van der Waals surface area contributed by atoms with Crippen molar-refractivity contribution in [3.05, 3.63) is 35.4 Å². The Morgan fingerprint density at radius 1 is 1.37 bits per heavy atom. The normalized spacial score (nSPS) is 18.7. The van der Waals surface area contributed by atoms with Crippen LogP contribution in [0.2, 0.25) is 0 Å². The topological polar surface area (TPSA) is 78.4 Å². The lowest BCUT2D eigenvalue weighted by atomic mass is 9.95. The van der Waals surface area contributed by atoms with E-state index in [4.69, 9.17) is 5.11 Å². The zero-order valence-electron chi connectivity index (χ0n) is 10.6. The van der Waals surface area contributed by atoms with Gasteiger partial charge in [-0.2, -0.15) is 0 Å². The van der Waals surface area contributed by atoms with Gasteiger partial charge in [0, 0.05) is 6.54 Å². The molecule has 1 aliphatic rings. The van der Waals surface area contributed by atoms with E-state index < -0.39 is 12.0 Å². The highest BCUT2D eigenvalue weighted by Gasteiger charge is 2.25. The van der Waals surface area contributed by atoms with E-state index in [9.17, 15) is 9.59 Å². The lowest BCUT2D eigenvalue weighted by Crippen LogP contribution is -2.51. The third kappa shape index (κ3) is 3.68. The highest BCUT2D eigenvalue weighted by Crippen LogP contribution is 2.16. The van der Waals surface area contributed by atoms with Gasteiger partial charge in [0.25, 0.3) is 0 Å². The molecular formula is C13H17ClN2O3. The van der Waals surface area contributed by atoms with E-state index in [0.717, 1.165) is 5.56 Å². The average molecular weight is 285 g/mol. The summed E-state index contributed by atoms with van der Waals surface area (Å²) < 4.78 is 0. The fourth-order valence-electron chi connectivity index (χ4n) is 2.02. The van der Waals surface area contributed by atoms with Crippen molar-refractivity contribution >= 4 is 24.3 Å². The predicted molar refractivity (Wildman–Crippen MR) is 73.3 cm³/mol. The van der Waals surface area contributed by atoms with Gasteiger partial charge in [0.05, 0.1) is 6.04 Å². The largest absolute Gasteiger partial charge is 0.480 e. The molecule has 3 N–H and O–H groups in total. The summed E-state index contributed by atoms with van der Waals surface area (Å²) in [5.74, 6) is -1.29. The number of fused-ring (bicyclic) bond motifs is 1. The maximum absolute atomic E-state index is 11.9. The van der Waals surface area contributed by atoms with Crippen molar-refractivity contribution in [3.8, 4) is 0 Å². The molecule has 0 aromatic heterocycles. The molecular weight excluding hydrogens is 268 g/mol. The van der Waals surface area contributed by atoms with Crippen LogP contribution in [0.4, 0.5) is 0 Å². The highest BCUT2D eigenvalue weighted by molar-refractivity contribution is 5.87. The molecule has 6 heteroatoms. The molecule has 0 bridgehead atoms. The Bertz CT molecular complexity index is 479. The number of carboxylic acids is 1. The Balaban J connectivity index is 0.00000180. The lowest BCUT2D eigenvalue weighted by molar-refractivity contribution is -0.141. The molecule has 1 aromatic rings. The number of aliphatic carboxylic acids is 1. The Morgan fingerprint density at radius 2 is 2.00 bits per heavy atom. The average Bonchev–Trinajstić information content (AvgIpc) is 2.37. The highest BCUT2D eigenvalue weighted by atomic mass is 35.5. The molecule has 0 unspecified atom stereocenters. The van der Waals surface area contributed by atoms with Crippen molar-refractivity contribution in [2.24, 2.45) is 0 Å². The van der Waals surface area contributed by atoms with Crippen LogP contribution in [0.5, 0.6) is 0 Å². The minimum atomic E-state index is -1.03. The number of hydrogen-bond donors (Lipinski definition) is 3. The molecule has 104 valence electrons. The Kier molecular flexibility index (Phi) is 5.32. The van der Waals surface area contributed by atoms with E-state index >= 15 is 0 Å². The molecule has 1 heterocycles. The van der Waals surface area contributed by atoms with E-state index in [1.165, 1.54) is 12.5 Å². The maximum atomic E-state index is 11.9. The molecule has 5 nitrogen and oxygen atoms in total. The number of halogens is 1. The summed E-state index contributed by atoms with van der Waals surface area (Å²) >= 11 is 0. The van der Waals surface area contributed by atoms with Crippen LogP contribution in [-0.2, 0) is 22.6 Å². The summed E-state index contributed by atoms with van der Waals surface area (Å²) in [7, 11) is 0. The van der Waals surface area contributed by atoms with Crippen LogP contribution >= 0.6 is 12.4 Å². The molecule has 1 aromatic carbocycles. The fraction of sp³-hybridized carbons (Fsp3) is 0.385. The standard InChI is InChI=1S/C13H16N2O3.ClH/c1-8(13(17)18)15-12(16)11-6-9-4-2-3-5-10(9)7-14-11;/h2-5,8,11,14H,6-7H2,1H3,(H,15,16)(H,17,18);1H/t8-,11+;/m1./s1. The molecule has 2 rings (SSSR count). The summed E-state index contributed by atoms with van der Waals surface area (Å²) in [5, 5.41) is 14.3. The maximum Gasteiger partial charge on any atom is 0.325 e. The first-order valence-electron chi connectivity index (χ1n) is 5.91. The molecule has 0 fully saturated rings. The summed E-state index contributed by atoms with van der Waals surface area (Å²) in [4.78, 5) is 22.6. The number of carbonyl (C=O) groups excluding carboxylic acids is 1. The molecule has 0 radical (unpaired) electrons. The number of amides is 1. The van der Waals surface area contributed by atoms with Gasteiger partial charge in [-0.1, -0.05) is 24.3 Å².